The molecule has 1 aliphatic heterocycles. The van der Waals surface area contributed by atoms with Crippen molar-refractivity contribution in [2.75, 3.05) is 26.2 Å². The third-order valence-electron chi connectivity index (χ3n) is 4.68. The summed E-state index contributed by atoms with van der Waals surface area (Å²) in [4.78, 5) is 29.4. The van der Waals surface area contributed by atoms with Gasteiger partial charge in [0.2, 0.25) is 0 Å². The maximum Gasteiger partial charge on any atom is 0.264 e. The molecule has 0 spiro atoms. The number of aromatic hydroxyl groups is 1. The van der Waals surface area contributed by atoms with Crippen molar-refractivity contribution in [2.24, 2.45) is 0 Å². The van der Waals surface area contributed by atoms with E-state index in [1.807, 2.05) is 41.8 Å². The van der Waals surface area contributed by atoms with E-state index in [-0.39, 0.29) is 17.6 Å². The highest BCUT2D eigenvalue weighted by Crippen LogP contribution is 2.26. The normalized spacial score (nSPS) is 14.6. The second-order valence-electron chi connectivity index (χ2n) is 6.28. The molecule has 0 aliphatic carbocycles. The summed E-state index contributed by atoms with van der Waals surface area (Å²) in [6, 6.07) is 14.7. The lowest BCUT2D eigenvalue weighted by Crippen LogP contribution is -2.50. The molecule has 2 amide bonds. The first kappa shape index (κ1) is 16.6. The number of amides is 2. The summed E-state index contributed by atoms with van der Waals surface area (Å²) in [5.41, 5.74) is 0.307. The van der Waals surface area contributed by atoms with Gasteiger partial charge in [0, 0.05) is 26.2 Å². The zero-order valence-corrected chi connectivity index (χ0v) is 14.9. The number of fused-ring (bicyclic) bond motifs is 1. The molecule has 1 fully saturated rings. The van der Waals surface area contributed by atoms with E-state index in [0.29, 0.717) is 31.7 Å². The van der Waals surface area contributed by atoms with Gasteiger partial charge in [0.05, 0.1) is 10.4 Å². The van der Waals surface area contributed by atoms with E-state index in [4.69, 9.17) is 0 Å². The van der Waals surface area contributed by atoms with Crippen LogP contribution in [-0.4, -0.2) is 52.9 Å². The molecule has 2 aromatic carbocycles. The molecule has 6 heteroatoms. The van der Waals surface area contributed by atoms with Gasteiger partial charge < -0.3 is 14.9 Å². The first-order valence-electron chi connectivity index (χ1n) is 8.47. The van der Waals surface area contributed by atoms with E-state index in [2.05, 4.69) is 0 Å². The van der Waals surface area contributed by atoms with Gasteiger partial charge in [-0.15, -0.1) is 11.3 Å². The fourth-order valence-corrected chi connectivity index (χ4v) is 3.93. The Morgan fingerprint density at radius 3 is 2.08 bits per heavy atom. The quantitative estimate of drug-likeness (QED) is 0.758. The molecular formula is C20H18N2O3S. The molecule has 132 valence electrons. The third-order valence-corrected chi connectivity index (χ3v) is 5.54. The Balaban J connectivity index is 1.48. The summed E-state index contributed by atoms with van der Waals surface area (Å²) in [6.07, 6.45) is 0. The van der Waals surface area contributed by atoms with Crippen LogP contribution in [0.4, 0.5) is 0 Å². The van der Waals surface area contributed by atoms with Crippen molar-refractivity contribution in [1.29, 1.82) is 0 Å². The van der Waals surface area contributed by atoms with Crippen LogP contribution in [0.2, 0.25) is 0 Å². The van der Waals surface area contributed by atoms with Crippen LogP contribution in [0.25, 0.3) is 10.8 Å². The first-order valence-corrected chi connectivity index (χ1v) is 9.35. The standard InChI is InChI=1S/C20H18N2O3S/c23-17-13-15-5-2-1-4-14(15)12-16(17)19(24)21-7-9-22(10-8-21)20(25)18-6-3-11-26-18/h1-6,11-13,23H,7-10H2. The van der Waals surface area contributed by atoms with Crippen LogP contribution in [0.15, 0.2) is 53.9 Å². The second-order valence-corrected chi connectivity index (χ2v) is 7.23. The van der Waals surface area contributed by atoms with Crippen molar-refractivity contribution >= 4 is 33.9 Å². The van der Waals surface area contributed by atoms with Crippen LogP contribution in [0.5, 0.6) is 5.75 Å². The molecule has 5 nitrogen and oxygen atoms in total. The van der Waals surface area contributed by atoms with Gasteiger partial charge in [-0.2, -0.15) is 0 Å². The minimum Gasteiger partial charge on any atom is -0.507 e. The van der Waals surface area contributed by atoms with Crippen molar-refractivity contribution < 1.29 is 14.7 Å². The molecule has 1 aliphatic rings. The lowest BCUT2D eigenvalue weighted by molar-refractivity contribution is 0.0536. The third kappa shape index (κ3) is 3.04. The SMILES string of the molecule is O=C(c1cccs1)N1CCN(C(=O)c2cc3ccccc3cc2O)CC1. The number of hydrogen-bond acceptors (Lipinski definition) is 4. The van der Waals surface area contributed by atoms with Gasteiger partial charge in [-0.1, -0.05) is 30.3 Å². The first-order chi connectivity index (χ1) is 12.6. The number of nitrogens with zero attached hydrogens (tertiary/aromatic N) is 2. The average molecular weight is 366 g/mol. The fourth-order valence-electron chi connectivity index (χ4n) is 3.24. The number of rotatable bonds is 2. The number of carbonyl (C=O) groups excluding carboxylic acids is 2. The lowest BCUT2D eigenvalue weighted by Gasteiger charge is -2.34. The Kier molecular flexibility index (Phi) is 4.34. The summed E-state index contributed by atoms with van der Waals surface area (Å²) >= 11 is 1.43. The van der Waals surface area contributed by atoms with Crippen molar-refractivity contribution in [3.05, 3.63) is 64.4 Å². The van der Waals surface area contributed by atoms with E-state index < -0.39 is 0 Å². The Labute approximate surface area is 155 Å². The predicted molar refractivity (Wildman–Crippen MR) is 102 cm³/mol. The molecule has 26 heavy (non-hydrogen) atoms. The van der Waals surface area contributed by atoms with Crippen LogP contribution in [0.3, 0.4) is 0 Å². The number of carbonyl (C=O) groups is 2. The summed E-state index contributed by atoms with van der Waals surface area (Å²) in [5.74, 6) is -0.192. The van der Waals surface area contributed by atoms with Crippen LogP contribution in [0, 0.1) is 0 Å². The molecule has 1 N–H and O–H groups in total. The largest absolute Gasteiger partial charge is 0.507 e. The summed E-state index contributed by atoms with van der Waals surface area (Å²) < 4.78 is 0. The Morgan fingerprint density at radius 1 is 0.846 bits per heavy atom. The number of phenols is 1. The molecule has 4 rings (SSSR count). The fraction of sp³-hybridized carbons (Fsp3) is 0.200. The highest BCUT2D eigenvalue weighted by Gasteiger charge is 2.27. The summed E-state index contributed by atoms with van der Waals surface area (Å²) in [7, 11) is 0. The lowest BCUT2D eigenvalue weighted by atomic mass is 10.0. The number of hydrogen-bond donors (Lipinski definition) is 1. The van der Waals surface area contributed by atoms with Gasteiger partial charge in [-0.25, -0.2) is 0 Å². The molecule has 0 bridgehead atoms. The molecule has 1 aromatic heterocycles. The van der Waals surface area contributed by atoms with E-state index in [1.54, 1.807) is 21.9 Å². The topological polar surface area (TPSA) is 60.9 Å². The van der Waals surface area contributed by atoms with Crippen LogP contribution in [-0.2, 0) is 0 Å². The van der Waals surface area contributed by atoms with E-state index >= 15 is 0 Å². The van der Waals surface area contributed by atoms with Crippen LogP contribution in [0.1, 0.15) is 20.0 Å². The van der Waals surface area contributed by atoms with Crippen molar-refractivity contribution in [1.82, 2.24) is 9.80 Å². The Morgan fingerprint density at radius 2 is 1.46 bits per heavy atom. The molecule has 2 heterocycles. The zero-order valence-electron chi connectivity index (χ0n) is 14.1. The monoisotopic (exact) mass is 366 g/mol. The van der Waals surface area contributed by atoms with Crippen LogP contribution < -0.4 is 0 Å². The number of piperazine rings is 1. The van der Waals surface area contributed by atoms with Crippen molar-refractivity contribution in [3.8, 4) is 5.75 Å². The molecule has 0 radical (unpaired) electrons. The summed E-state index contributed by atoms with van der Waals surface area (Å²) in [6.45, 7) is 1.91. The highest BCUT2D eigenvalue weighted by atomic mass is 32.1. The zero-order chi connectivity index (χ0) is 18.1. The molecule has 0 unspecified atom stereocenters. The predicted octanol–water partition coefficient (Wildman–Crippen LogP) is 3.21. The van der Waals surface area contributed by atoms with Gasteiger partial charge in [0.25, 0.3) is 11.8 Å². The van der Waals surface area contributed by atoms with Crippen molar-refractivity contribution in [2.45, 2.75) is 0 Å². The minimum absolute atomic E-state index is 0.00853. The van der Waals surface area contributed by atoms with Crippen molar-refractivity contribution in [3.63, 3.8) is 0 Å². The van der Waals surface area contributed by atoms with Gasteiger partial charge >= 0.3 is 0 Å². The molecule has 3 aromatic rings. The van der Waals surface area contributed by atoms with Crippen LogP contribution >= 0.6 is 11.3 Å². The molecule has 0 saturated carbocycles. The number of benzene rings is 2. The smallest absolute Gasteiger partial charge is 0.264 e. The van der Waals surface area contributed by atoms with Gasteiger partial charge in [-0.05, 0) is 34.4 Å². The van der Waals surface area contributed by atoms with Gasteiger partial charge in [0.1, 0.15) is 5.75 Å². The maximum absolute atomic E-state index is 12.8. The maximum atomic E-state index is 12.8. The number of thiophene rings is 1. The Bertz CT molecular complexity index is 960. The second kappa shape index (κ2) is 6.80. The summed E-state index contributed by atoms with van der Waals surface area (Å²) in [5, 5.41) is 14.0. The van der Waals surface area contributed by atoms with Gasteiger partial charge in [0.15, 0.2) is 0 Å². The highest BCUT2D eigenvalue weighted by molar-refractivity contribution is 7.12. The number of phenolic OH excluding ortho intramolecular Hbond substituents is 1. The van der Waals surface area contributed by atoms with E-state index in [1.165, 1.54) is 11.3 Å². The average Bonchev–Trinajstić information content (AvgIpc) is 3.21. The molecule has 0 atom stereocenters. The molecule has 1 saturated heterocycles. The minimum atomic E-state index is -0.198. The Hall–Kier alpha value is -2.86. The van der Waals surface area contributed by atoms with E-state index in [9.17, 15) is 14.7 Å². The molecular weight excluding hydrogens is 348 g/mol. The van der Waals surface area contributed by atoms with E-state index in [0.717, 1.165) is 15.6 Å². The van der Waals surface area contributed by atoms with Gasteiger partial charge in [-0.3, -0.25) is 9.59 Å².